The van der Waals surface area contributed by atoms with Gasteiger partial charge in [0.05, 0.1) is 12.5 Å². The highest BCUT2D eigenvalue weighted by Gasteiger charge is 2.20. The number of aliphatic hydroxyl groups is 2. The Labute approximate surface area is 101 Å². The van der Waals surface area contributed by atoms with E-state index in [2.05, 4.69) is 13.8 Å². The van der Waals surface area contributed by atoms with Gasteiger partial charge >= 0.3 is 0 Å². The molecule has 2 unspecified atom stereocenters. The van der Waals surface area contributed by atoms with Gasteiger partial charge in [-0.15, -0.1) is 0 Å². The predicted octanol–water partition coefficient (Wildman–Crippen LogP) is 1.08. The van der Waals surface area contributed by atoms with Crippen molar-refractivity contribution in [1.82, 2.24) is 0 Å². The third-order valence-corrected chi connectivity index (χ3v) is 2.72. The average Bonchev–Trinajstić information content (AvgIpc) is 2.27. The van der Waals surface area contributed by atoms with E-state index in [4.69, 9.17) is 5.73 Å². The van der Waals surface area contributed by atoms with Crippen molar-refractivity contribution in [2.75, 3.05) is 0 Å². The lowest BCUT2D eigenvalue weighted by Crippen LogP contribution is -2.25. The topological polar surface area (TPSA) is 83.6 Å². The molecule has 0 saturated carbocycles. The second-order valence-corrected chi connectivity index (χ2v) is 4.50. The molecule has 4 heteroatoms. The number of nitrogens with two attached hydrogens (primary N) is 1. The Morgan fingerprint density at radius 2 is 1.65 bits per heavy atom. The van der Waals surface area contributed by atoms with Crippen LogP contribution in [0.3, 0.4) is 0 Å². The first-order valence-corrected chi connectivity index (χ1v) is 5.66. The second kappa shape index (κ2) is 5.80. The molecule has 4 N–H and O–H groups in total. The molecule has 1 amide bonds. The summed E-state index contributed by atoms with van der Waals surface area (Å²) >= 11 is 0. The molecule has 94 valence electrons. The van der Waals surface area contributed by atoms with Crippen LogP contribution in [0.2, 0.25) is 0 Å². The Balaban J connectivity index is 2.75. The fraction of sp³-hybridized carbons (Fsp3) is 0.462. The summed E-state index contributed by atoms with van der Waals surface area (Å²) in [4.78, 5) is 10.6. The molecule has 0 spiro atoms. The first-order chi connectivity index (χ1) is 7.91. The molecule has 0 saturated heterocycles. The van der Waals surface area contributed by atoms with Gasteiger partial charge in [-0.05, 0) is 17.0 Å². The van der Waals surface area contributed by atoms with E-state index in [-0.39, 0.29) is 6.42 Å². The SMILES string of the molecule is CC(C)c1ccc(C(O)C(O)CC(N)=O)cc1. The quantitative estimate of drug-likeness (QED) is 0.716. The van der Waals surface area contributed by atoms with Crippen LogP contribution in [0.1, 0.15) is 43.4 Å². The van der Waals surface area contributed by atoms with E-state index in [0.29, 0.717) is 11.5 Å². The van der Waals surface area contributed by atoms with Gasteiger partial charge in [0.1, 0.15) is 6.10 Å². The number of hydrogen-bond donors (Lipinski definition) is 3. The van der Waals surface area contributed by atoms with Crippen molar-refractivity contribution in [1.29, 1.82) is 0 Å². The van der Waals surface area contributed by atoms with Crippen LogP contribution in [0.15, 0.2) is 24.3 Å². The van der Waals surface area contributed by atoms with E-state index in [0.717, 1.165) is 5.56 Å². The predicted molar refractivity (Wildman–Crippen MR) is 65.3 cm³/mol. The zero-order valence-electron chi connectivity index (χ0n) is 10.1. The molecule has 1 rings (SSSR count). The van der Waals surface area contributed by atoms with Gasteiger partial charge in [-0.25, -0.2) is 0 Å². The maximum atomic E-state index is 10.6. The third kappa shape index (κ3) is 3.84. The minimum absolute atomic E-state index is 0.243. The number of amides is 1. The van der Waals surface area contributed by atoms with E-state index in [1.165, 1.54) is 0 Å². The maximum Gasteiger partial charge on any atom is 0.220 e. The summed E-state index contributed by atoms with van der Waals surface area (Å²) in [5.74, 6) is -0.216. The zero-order valence-corrected chi connectivity index (χ0v) is 10.1. The fourth-order valence-electron chi connectivity index (χ4n) is 1.62. The third-order valence-electron chi connectivity index (χ3n) is 2.72. The Bertz CT molecular complexity index is 373. The largest absolute Gasteiger partial charge is 0.390 e. The number of hydrogen-bond acceptors (Lipinski definition) is 3. The normalized spacial score (nSPS) is 14.6. The molecular formula is C13H19NO3. The lowest BCUT2D eigenvalue weighted by atomic mass is 9.97. The van der Waals surface area contributed by atoms with Crippen molar-refractivity contribution >= 4 is 5.91 Å². The van der Waals surface area contributed by atoms with Gasteiger partial charge in [-0.1, -0.05) is 38.1 Å². The summed E-state index contributed by atoms with van der Waals surface area (Å²) in [7, 11) is 0. The van der Waals surface area contributed by atoms with Crippen LogP contribution in [0, 0.1) is 0 Å². The Morgan fingerprint density at radius 1 is 1.18 bits per heavy atom. The average molecular weight is 237 g/mol. The molecule has 1 aromatic carbocycles. The lowest BCUT2D eigenvalue weighted by Gasteiger charge is -2.17. The highest BCUT2D eigenvalue weighted by molar-refractivity contribution is 5.74. The summed E-state index contributed by atoms with van der Waals surface area (Å²) in [6.45, 7) is 4.15. The first-order valence-electron chi connectivity index (χ1n) is 5.66. The first kappa shape index (κ1) is 13.7. The summed E-state index contributed by atoms with van der Waals surface area (Å²) in [6, 6.07) is 7.31. The number of benzene rings is 1. The molecule has 0 aliphatic rings. The van der Waals surface area contributed by atoms with E-state index < -0.39 is 18.1 Å². The zero-order chi connectivity index (χ0) is 13.0. The van der Waals surface area contributed by atoms with Crippen LogP contribution in [-0.4, -0.2) is 22.2 Å². The van der Waals surface area contributed by atoms with Crippen molar-refractivity contribution in [2.45, 2.75) is 38.4 Å². The van der Waals surface area contributed by atoms with Crippen LogP contribution in [0.4, 0.5) is 0 Å². The molecule has 0 radical (unpaired) electrons. The molecular weight excluding hydrogens is 218 g/mol. The molecule has 0 aromatic heterocycles. The highest BCUT2D eigenvalue weighted by Crippen LogP contribution is 2.21. The van der Waals surface area contributed by atoms with Crippen molar-refractivity contribution in [2.24, 2.45) is 5.73 Å². The molecule has 17 heavy (non-hydrogen) atoms. The standard InChI is InChI=1S/C13H19NO3/c1-8(2)9-3-5-10(6-4-9)13(17)11(15)7-12(14)16/h3-6,8,11,13,15,17H,7H2,1-2H3,(H2,14,16). The minimum Gasteiger partial charge on any atom is -0.390 e. The molecule has 2 atom stereocenters. The summed E-state index contributed by atoms with van der Waals surface area (Å²) in [5.41, 5.74) is 6.71. The van der Waals surface area contributed by atoms with E-state index in [9.17, 15) is 15.0 Å². The maximum absolute atomic E-state index is 10.6. The number of aliphatic hydroxyl groups excluding tert-OH is 2. The van der Waals surface area contributed by atoms with E-state index >= 15 is 0 Å². The summed E-state index contributed by atoms with van der Waals surface area (Å²) in [6.07, 6.45) is -2.48. The second-order valence-electron chi connectivity index (χ2n) is 4.50. The fourth-order valence-corrected chi connectivity index (χ4v) is 1.62. The number of primary amides is 1. The van der Waals surface area contributed by atoms with Gasteiger partial charge in [0.25, 0.3) is 0 Å². The van der Waals surface area contributed by atoms with Crippen molar-refractivity contribution in [3.05, 3.63) is 35.4 Å². The van der Waals surface area contributed by atoms with Gasteiger partial charge in [-0.2, -0.15) is 0 Å². The molecule has 0 aliphatic heterocycles. The Hall–Kier alpha value is -1.39. The Morgan fingerprint density at radius 3 is 2.06 bits per heavy atom. The minimum atomic E-state index is -1.16. The number of rotatable bonds is 5. The van der Waals surface area contributed by atoms with Crippen LogP contribution in [-0.2, 0) is 4.79 Å². The summed E-state index contributed by atoms with van der Waals surface area (Å²) < 4.78 is 0. The lowest BCUT2D eigenvalue weighted by molar-refractivity contribution is -0.121. The Kier molecular flexibility index (Phi) is 4.66. The number of carbonyl (C=O) groups excluding carboxylic acids is 1. The smallest absolute Gasteiger partial charge is 0.220 e. The molecule has 0 aliphatic carbocycles. The molecule has 1 aromatic rings. The number of carbonyl (C=O) groups is 1. The van der Waals surface area contributed by atoms with Crippen molar-refractivity contribution < 1.29 is 15.0 Å². The van der Waals surface area contributed by atoms with Crippen LogP contribution in [0.25, 0.3) is 0 Å². The molecule has 0 fully saturated rings. The van der Waals surface area contributed by atoms with Gasteiger partial charge in [-0.3, -0.25) is 4.79 Å². The molecule has 0 bridgehead atoms. The van der Waals surface area contributed by atoms with Gasteiger partial charge in [0, 0.05) is 0 Å². The van der Waals surface area contributed by atoms with Gasteiger partial charge in [0.15, 0.2) is 0 Å². The molecule has 0 heterocycles. The van der Waals surface area contributed by atoms with Crippen molar-refractivity contribution in [3.63, 3.8) is 0 Å². The van der Waals surface area contributed by atoms with Crippen molar-refractivity contribution in [3.8, 4) is 0 Å². The van der Waals surface area contributed by atoms with Gasteiger partial charge < -0.3 is 15.9 Å². The van der Waals surface area contributed by atoms with Gasteiger partial charge in [0.2, 0.25) is 5.91 Å². The van der Waals surface area contributed by atoms with Crippen LogP contribution in [0.5, 0.6) is 0 Å². The van der Waals surface area contributed by atoms with E-state index in [1.54, 1.807) is 12.1 Å². The van der Waals surface area contributed by atoms with Crippen LogP contribution < -0.4 is 5.73 Å². The molecule has 4 nitrogen and oxygen atoms in total. The summed E-state index contributed by atoms with van der Waals surface area (Å²) in [5, 5.41) is 19.4. The highest BCUT2D eigenvalue weighted by atomic mass is 16.3. The van der Waals surface area contributed by atoms with Crippen LogP contribution >= 0.6 is 0 Å². The van der Waals surface area contributed by atoms with E-state index in [1.807, 2.05) is 12.1 Å². The monoisotopic (exact) mass is 237 g/mol.